The number of para-hydroxylation sites is 1. The van der Waals surface area contributed by atoms with Crippen LogP contribution in [0.2, 0.25) is 0 Å². The van der Waals surface area contributed by atoms with Crippen LogP contribution in [0.3, 0.4) is 0 Å². The molecule has 0 unspecified atom stereocenters. The van der Waals surface area contributed by atoms with Crippen molar-refractivity contribution >= 4 is 33.6 Å². The normalized spacial score (nSPS) is 11.5. The molecule has 3 aromatic rings. The summed E-state index contributed by atoms with van der Waals surface area (Å²) in [4.78, 5) is 30.0. The molecule has 0 aliphatic rings. The first-order valence-corrected chi connectivity index (χ1v) is 12.4. The molecule has 1 N–H and O–H groups in total. The largest absolute Gasteiger partial charge is 0.328 e. The fourth-order valence-electron chi connectivity index (χ4n) is 3.53. The molecule has 0 spiro atoms. The topological polar surface area (TPSA) is 70.5 Å². The quantitative estimate of drug-likeness (QED) is 0.442. The highest BCUT2D eigenvalue weighted by Crippen LogP contribution is 2.27. The molecule has 7 nitrogen and oxygen atoms in total. The number of aryl methyl sites for hydroxylation is 1. The second-order valence-corrected chi connectivity index (χ2v) is 10.9. The van der Waals surface area contributed by atoms with Gasteiger partial charge in [-0.1, -0.05) is 54.9 Å². The van der Waals surface area contributed by atoms with Crippen molar-refractivity contribution in [2.24, 2.45) is 0 Å². The number of hydrogen-bond acceptors (Lipinski definition) is 4. The van der Waals surface area contributed by atoms with E-state index in [4.69, 9.17) is 5.10 Å². The van der Waals surface area contributed by atoms with E-state index in [0.29, 0.717) is 24.5 Å². The Bertz CT molecular complexity index is 1180. The number of benzene rings is 2. The Hall–Kier alpha value is -2.97. The van der Waals surface area contributed by atoms with E-state index in [0.717, 1.165) is 21.4 Å². The van der Waals surface area contributed by atoms with Crippen molar-refractivity contribution in [3.8, 4) is 5.69 Å². The SMILES string of the molecule is Cc1ccccc1-n1nc(C(C)(C)C)cc1NC(=O)CN(CCN(C)C)C(=O)c1ccc(Br)cc1. The third-order valence-corrected chi connectivity index (χ3v) is 6.15. The van der Waals surface area contributed by atoms with Crippen LogP contribution in [0.4, 0.5) is 5.82 Å². The Morgan fingerprint density at radius 1 is 1.03 bits per heavy atom. The highest BCUT2D eigenvalue weighted by Gasteiger charge is 2.24. The number of anilines is 1. The summed E-state index contributed by atoms with van der Waals surface area (Å²) in [5.74, 6) is 0.125. The number of nitrogens with zero attached hydrogens (tertiary/aromatic N) is 4. The summed E-state index contributed by atoms with van der Waals surface area (Å²) in [7, 11) is 3.88. The van der Waals surface area contributed by atoms with Gasteiger partial charge in [0.1, 0.15) is 12.4 Å². The minimum atomic E-state index is -0.274. The zero-order valence-corrected chi connectivity index (χ0v) is 22.9. The lowest BCUT2D eigenvalue weighted by Gasteiger charge is -2.24. The molecule has 35 heavy (non-hydrogen) atoms. The summed E-state index contributed by atoms with van der Waals surface area (Å²) in [5, 5.41) is 7.81. The molecular weight excluding hydrogens is 506 g/mol. The van der Waals surface area contributed by atoms with E-state index < -0.39 is 0 Å². The zero-order valence-electron chi connectivity index (χ0n) is 21.3. The van der Waals surface area contributed by atoms with Crippen LogP contribution < -0.4 is 5.32 Å². The predicted octanol–water partition coefficient (Wildman–Crippen LogP) is 4.88. The molecule has 0 radical (unpaired) electrons. The van der Waals surface area contributed by atoms with Gasteiger partial charge in [-0.05, 0) is 56.9 Å². The molecule has 0 aliphatic heterocycles. The molecule has 0 bridgehead atoms. The molecule has 3 rings (SSSR count). The van der Waals surface area contributed by atoms with Crippen molar-refractivity contribution in [2.75, 3.05) is 39.0 Å². The van der Waals surface area contributed by atoms with Crippen molar-refractivity contribution in [1.29, 1.82) is 0 Å². The van der Waals surface area contributed by atoms with E-state index in [-0.39, 0.29) is 23.8 Å². The second kappa shape index (κ2) is 11.2. The Balaban J connectivity index is 1.87. The van der Waals surface area contributed by atoms with Gasteiger partial charge < -0.3 is 15.1 Å². The minimum absolute atomic E-state index is 0.0630. The average Bonchev–Trinajstić information content (AvgIpc) is 3.21. The third-order valence-electron chi connectivity index (χ3n) is 5.62. The lowest BCUT2D eigenvalue weighted by atomic mass is 9.92. The molecule has 8 heteroatoms. The lowest BCUT2D eigenvalue weighted by Crippen LogP contribution is -2.41. The first-order valence-electron chi connectivity index (χ1n) is 11.6. The number of nitrogens with one attached hydrogen (secondary N) is 1. The number of halogens is 1. The molecule has 1 heterocycles. The monoisotopic (exact) mass is 539 g/mol. The number of likely N-dealkylation sites (N-methyl/N-ethyl adjacent to an activating group) is 1. The maximum atomic E-state index is 13.2. The lowest BCUT2D eigenvalue weighted by molar-refractivity contribution is -0.117. The first kappa shape index (κ1) is 26.6. The highest BCUT2D eigenvalue weighted by atomic mass is 79.9. The van der Waals surface area contributed by atoms with Crippen LogP contribution in [-0.4, -0.2) is 65.1 Å². The van der Waals surface area contributed by atoms with Crippen LogP contribution in [0.15, 0.2) is 59.1 Å². The first-order chi connectivity index (χ1) is 16.5. The molecule has 0 saturated carbocycles. The molecule has 2 aromatic carbocycles. The van der Waals surface area contributed by atoms with Crippen molar-refractivity contribution in [3.05, 3.63) is 75.9 Å². The van der Waals surface area contributed by atoms with Crippen LogP contribution >= 0.6 is 15.9 Å². The van der Waals surface area contributed by atoms with Crippen molar-refractivity contribution in [3.63, 3.8) is 0 Å². The average molecular weight is 541 g/mol. The molecule has 0 atom stereocenters. The Kier molecular flexibility index (Phi) is 8.51. The van der Waals surface area contributed by atoms with E-state index in [9.17, 15) is 9.59 Å². The smallest absolute Gasteiger partial charge is 0.254 e. The molecule has 0 fully saturated rings. The number of carbonyl (C=O) groups is 2. The Labute approximate surface area is 216 Å². The third kappa shape index (κ3) is 7.02. The van der Waals surface area contributed by atoms with E-state index in [1.165, 1.54) is 0 Å². The van der Waals surface area contributed by atoms with E-state index >= 15 is 0 Å². The predicted molar refractivity (Wildman–Crippen MR) is 144 cm³/mol. The van der Waals surface area contributed by atoms with E-state index in [1.807, 2.05) is 68.4 Å². The van der Waals surface area contributed by atoms with Gasteiger partial charge >= 0.3 is 0 Å². The van der Waals surface area contributed by atoms with Gasteiger partial charge in [-0.15, -0.1) is 0 Å². The van der Waals surface area contributed by atoms with Gasteiger partial charge in [0.25, 0.3) is 5.91 Å². The summed E-state index contributed by atoms with van der Waals surface area (Å²) in [6.07, 6.45) is 0. The molecule has 0 aliphatic carbocycles. The van der Waals surface area contributed by atoms with Gasteiger partial charge in [-0.3, -0.25) is 9.59 Å². The molecule has 2 amide bonds. The van der Waals surface area contributed by atoms with Gasteiger partial charge in [0.2, 0.25) is 5.91 Å². The number of aromatic nitrogens is 2. The number of rotatable bonds is 8. The van der Waals surface area contributed by atoms with Gasteiger partial charge in [0, 0.05) is 34.6 Å². The molecule has 1 aromatic heterocycles. The van der Waals surface area contributed by atoms with Crippen LogP contribution in [0, 0.1) is 6.92 Å². The van der Waals surface area contributed by atoms with Gasteiger partial charge in [0.05, 0.1) is 11.4 Å². The van der Waals surface area contributed by atoms with E-state index in [2.05, 4.69) is 42.0 Å². The Morgan fingerprint density at radius 2 is 1.69 bits per heavy atom. The van der Waals surface area contributed by atoms with Crippen LogP contribution in [0.1, 0.15) is 42.4 Å². The molecular formula is C27H34BrN5O2. The van der Waals surface area contributed by atoms with Crippen molar-refractivity contribution < 1.29 is 9.59 Å². The maximum absolute atomic E-state index is 13.2. The minimum Gasteiger partial charge on any atom is -0.328 e. The molecule has 186 valence electrons. The molecule has 0 saturated heterocycles. The summed E-state index contributed by atoms with van der Waals surface area (Å²) in [6.45, 7) is 9.28. The van der Waals surface area contributed by atoms with Crippen LogP contribution in [-0.2, 0) is 10.2 Å². The van der Waals surface area contributed by atoms with E-state index in [1.54, 1.807) is 21.7 Å². The summed E-state index contributed by atoms with van der Waals surface area (Å²) >= 11 is 3.40. The fourth-order valence-corrected chi connectivity index (χ4v) is 3.79. The summed E-state index contributed by atoms with van der Waals surface area (Å²) in [6, 6.07) is 17.0. The van der Waals surface area contributed by atoms with Gasteiger partial charge in [0.15, 0.2) is 0 Å². The van der Waals surface area contributed by atoms with Crippen molar-refractivity contribution in [1.82, 2.24) is 19.6 Å². The number of carbonyl (C=O) groups excluding carboxylic acids is 2. The fraction of sp³-hybridized carbons (Fsp3) is 0.370. The van der Waals surface area contributed by atoms with Crippen molar-refractivity contribution in [2.45, 2.75) is 33.1 Å². The second-order valence-electron chi connectivity index (χ2n) is 9.95. The highest BCUT2D eigenvalue weighted by molar-refractivity contribution is 9.10. The van der Waals surface area contributed by atoms with Gasteiger partial charge in [-0.2, -0.15) is 5.10 Å². The van der Waals surface area contributed by atoms with Gasteiger partial charge in [-0.25, -0.2) is 4.68 Å². The number of hydrogen-bond donors (Lipinski definition) is 1. The standard InChI is InChI=1S/C27H34BrN5O2/c1-19-9-7-8-10-22(19)33-24(17-23(30-33)27(2,3)4)29-25(34)18-32(16-15-31(5)6)26(35)20-11-13-21(28)14-12-20/h7-14,17H,15-16,18H2,1-6H3,(H,29,34). The zero-order chi connectivity index (χ0) is 25.8. The van der Waals surface area contributed by atoms with Crippen LogP contribution in [0.25, 0.3) is 5.69 Å². The van der Waals surface area contributed by atoms with Crippen LogP contribution in [0.5, 0.6) is 0 Å². The summed E-state index contributed by atoms with van der Waals surface area (Å²) < 4.78 is 2.67. The summed E-state index contributed by atoms with van der Waals surface area (Å²) in [5.41, 5.74) is 3.16. The maximum Gasteiger partial charge on any atom is 0.254 e. The number of amides is 2. The Morgan fingerprint density at radius 3 is 2.29 bits per heavy atom.